The van der Waals surface area contributed by atoms with Crippen molar-refractivity contribution in [3.8, 4) is 0 Å². The van der Waals surface area contributed by atoms with Crippen LogP contribution in [0.1, 0.15) is 97.2 Å². The summed E-state index contributed by atoms with van der Waals surface area (Å²) in [5.74, 6) is 1.01. The first-order chi connectivity index (χ1) is 18.7. The molecule has 206 valence electrons. The van der Waals surface area contributed by atoms with Crippen LogP contribution >= 0.6 is 0 Å². The van der Waals surface area contributed by atoms with E-state index < -0.39 is 0 Å². The van der Waals surface area contributed by atoms with Gasteiger partial charge in [0.15, 0.2) is 0 Å². The summed E-state index contributed by atoms with van der Waals surface area (Å²) in [6, 6.07) is 14.0. The summed E-state index contributed by atoms with van der Waals surface area (Å²) < 4.78 is 0. The number of carbonyl (C=O) groups is 1. The molecule has 1 aromatic carbocycles. The Bertz CT molecular complexity index is 1250. The molecule has 1 saturated carbocycles. The van der Waals surface area contributed by atoms with Crippen molar-refractivity contribution >= 4 is 11.6 Å². The van der Waals surface area contributed by atoms with E-state index in [2.05, 4.69) is 69.6 Å². The fourth-order valence-corrected chi connectivity index (χ4v) is 5.16. The summed E-state index contributed by atoms with van der Waals surface area (Å²) in [5.41, 5.74) is 8.47. The molecule has 2 aliphatic rings. The van der Waals surface area contributed by atoms with Crippen molar-refractivity contribution in [3.05, 3.63) is 119 Å². The molecule has 0 aliphatic heterocycles. The number of benzene rings is 1. The molecule has 1 fully saturated rings. The second-order valence-corrected chi connectivity index (χ2v) is 11.2. The molecule has 0 bridgehead atoms. The van der Waals surface area contributed by atoms with Gasteiger partial charge in [-0.15, -0.1) is 0 Å². The van der Waals surface area contributed by atoms with Gasteiger partial charge in [0.05, 0.1) is 0 Å². The minimum absolute atomic E-state index is 0.123. The minimum atomic E-state index is -0.123. The molecule has 3 heteroatoms. The fraction of sp³-hybridized carbons (Fsp3) is 0.389. The van der Waals surface area contributed by atoms with Crippen molar-refractivity contribution in [2.45, 2.75) is 86.0 Å². The lowest BCUT2D eigenvalue weighted by molar-refractivity contribution is -0.111. The summed E-state index contributed by atoms with van der Waals surface area (Å²) in [6.07, 6.45) is 19.2. The lowest BCUT2D eigenvalue weighted by Crippen LogP contribution is -2.24. The maximum Gasteiger partial charge on any atom is 0.248 e. The van der Waals surface area contributed by atoms with Gasteiger partial charge in [-0.25, -0.2) is 0 Å². The van der Waals surface area contributed by atoms with E-state index in [9.17, 15) is 4.79 Å². The average Bonchev–Trinajstić information content (AvgIpc) is 3.76. The van der Waals surface area contributed by atoms with Crippen LogP contribution in [-0.4, -0.2) is 10.9 Å². The van der Waals surface area contributed by atoms with Gasteiger partial charge in [-0.2, -0.15) is 0 Å². The number of pyridine rings is 1. The van der Waals surface area contributed by atoms with Gasteiger partial charge < -0.3 is 5.32 Å². The van der Waals surface area contributed by atoms with Crippen molar-refractivity contribution in [3.63, 3.8) is 0 Å². The largest absolute Gasteiger partial charge is 0.323 e. The highest BCUT2D eigenvalue weighted by Gasteiger charge is 2.33. The normalized spacial score (nSPS) is 19.7. The molecule has 2 aliphatic carbocycles. The van der Waals surface area contributed by atoms with Crippen LogP contribution in [-0.2, 0) is 4.79 Å². The van der Waals surface area contributed by atoms with E-state index in [1.807, 2.05) is 63.3 Å². The maximum absolute atomic E-state index is 12.2. The van der Waals surface area contributed by atoms with E-state index in [4.69, 9.17) is 4.98 Å². The van der Waals surface area contributed by atoms with Gasteiger partial charge in [0.1, 0.15) is 0 Å². The Morgan fingerprint density at radius 1 is 0.974 bits per heavy atom. The SMILES string of the molecule is CC.CC1=C(/C=C/C(C)=C/C=C/C(C)=C\C(=O)Nc2ccccc2)C(C)(C)CCC1c1ccc(C2CC2)cn1. The summed E-state index contributed by atoms with van der Waals surface area (Å²) >= 11 is 0. The van der Waals surface area contributed by atoms with Crippen molar-refractivity contribution in [2.75, 3.05) is 5.32 Å². The maximum atomic E-state index is 12.2. The smallest absolute Gasteiger partial charge is 0.248 e. The molecule has 1 heterocycles. The van der Waals surface area contributed by atoms with Crippen LogP contribution in [0.3, 0.4) is 0 Å². The molecule has 0 radical (unpaired) electrons. The lowest BCUT2D eigenvalue weighted by Gasteiger charge is -2.37. The van der Waals surface area contributed by atoms with Crippen LogP contribution in [0.15, 0.2) is 107 Å². The first-order valence-corrected chi connectivity index (χ1v) is 14.5. The highest BCUT2D eigenvalue weighted by molar-refractivity contribution is 5.99. The molecule has 1 aromatic heterocycles. The van der Waals surface area contributed by atoms with Gasteiger partial charge in [0, 0.05) is 29.6 Å². The van der Waals surface area contributed by atoms with Crippen LogP contribution in [0.4, 0.5) is 5.69 Å². The Morgan fingerprint density at radius 2 is 1.69 bits per heavy atom. The molecule has 1 N–H and O–H groups in total. The number of carbonyl (C=O) groups excluding carboxylic acids is 1. The monoisotopic (exact) mass is 522 g/mol. The van der Waals surface area contributed by atoms with E-state index in [-0.39, 0.29) is 11.3 Å². The third kappa shape index (κ3) is 8.78. The fourth-order valence-electron chi connectivity index (χ4n) is 5.16. The predicted octanol–water partition coefficient (Wildman–Crippen LogP) is 9.85. The van der Waals surface area contributed by atoms with E-state index >= 15 is 0 Å². The number of para-hydroxylation sites is 1. The number of nitrogens with zero attached hydrogens (tertiary/aromatic N) is 1. The summed E-state index contributed by atoms with van der Waals surface area (Å²) in [5, 5.41) is 2.88. The molecule has 1 atom stereocenters. The second kappa shape index (κ2) is 14.1. The Kier molecular flexibility index (Phi) is 10.9. The number of rotatable bonds is 8. The number of amides is 1. The molecule has 39 heavy (non-hydrogen) atoms. The van der Waals surface area contributed by atoms with Gasteiger partial charge in [-0.05, 0) is 92.7 Å². The zero-order valence-corrected chi connectivity index (χ0v) is 24.9. The van der Waals surface area contributed by atoms with Crippen molar-refractivity contribution in [1.29, 1.82) is 0 Å². The molecule has 3 nitrogen and oxygen atoms in total. The van der Waals surface area contributed by atoms with Gasteiger partial charge in [-0.3, -0.25) is 9.78 Å². The molecule has 2 aromatic rings. The Morgan fingerprint density at radius 3 is 2.33 bits per heavy atom. The van der Waals surface area contributed by atoms with Crippen molar-refractivity contribution in [1.82, 2.24) is 4.98 Å². The topological polar surface area (TPSA) is 42.0 Å². The molecular formula is C36H46N2O. The van der Waals surface area contributed by atoms with Crippen LogP contribution in [0.25, 0.3) is 0 Å². The molecular weight excluding hydrogens is 476 g/mol. The molecule has 0 spiro atoms. The number of anilines is 1. The quantitative estimate of drug-likeness (QED) is 0.277. The van der Waals surface area contributed by atoms with Gasteiger partial charge >= 0.3 is 0 Å². The highest BCUT2D eigenvalue weighted by Crippen LogP contribution is 2.47. The van der Waals surface area contributed by atoms with Crippen LogP contribution in [0, 0.1) is 5.41 Å². The Balaban J connectivity index is 0.00000205. The Labute approximate surface area is 236 Å². The summed E-state index contributed by atoms with van der Waals surface area (Å²) in [6.45, 7) is 15.0. The summed E-state index contributed by atoms with van der Waals surface area (Å²) in [4.78, 5) is 17.1. The Hall–Kier alpha value is -3.46. The summed E-state index contributed by atoms with van der Waals surface area (Å²) in [7, 11) is 0. The van der Waals surface area contributed by atoms with E-state index in [1.165, 1.54) is 40.8 Å². The molecule has 0 saturated heterocycles. The van der Waals surface area contributed by atoms with Gasteiger partial charge in [0.25, 0.3) is 0 Å². The van der Waals surface area contributed by atoms with Crippen LogP contribution in [0.5, 0.6) is 0 Å². The first kappa shape index (κ1) is 30.1. The van der Waals surface area contributed by atoms with E-state index in [1.54, 1.807) is 6.08 Å². The third-order valence-electron chi connectivity index (χ3n) is 7.58. The minimum Gasteiger partial charge on any atom is -0.323 e. The van der Waals surface area contributed by atoms with Gasteiger partial charge in [0.2, 0.25) is 5.91 Å². The average molecular weight is 523 g/mol. The number of hydrogen-bond donors (Lipinski definition) is 1. The highest BCUT2D eigenvalue weighted by atomic mass is 16.1. The zero-order valence-electron chi connectivity index (χ0n) is 24.9. The molecule has 1 unspecified atom stereocenters. The predicted molar refractivity (Wildman–Crippen MR) is 167 cm³/mol. The number of nitrogens with one attached hydrogen (secondary N) is 1. The molecule has 4 rings (SSSR count). The van der Waals surface area contributed by atoms with E-state index in [0.29, 0.717) is 5.92 Å². The van der Waals surface area contributed by atoms with Crippen molar-refractivity contribution < 1.29 is 4.79 Å². The number of allylic oxidation sites excluding steroid dienone is 9. The first-order valence-electron chi connectivity index (χ1n) is 14.5. The van der Waals surface area contributed by atoms with Crippen LogP contribution in [0.2, 0.25) is 0 Å². The van der Waals surface area contributed by atoms with Crippen molar-refractivity contribution in [2.24, 2.45) is 5.41 Å². The number of hydrogen-bond acceptors (Lipinski definition) is 2. The lowest BCUT2D eigenvalue weighted by atomic mass is 9.68. The van der Waals surface area contributed by atoms with Crippen LogP contribution < -0.4 is 5.32 Å². The van der Waals surface area contributed by atoms with Gasteiger partial charge in [-0.1, -0.05) is 93.5 Å². The van der Waals surface area contributed by atoms with E-state index in [0.717, 1.165) is 30.0 Å². The number of aromatic nitrogens is 1. The standard InChI is InChI=1S/C34H40N2O.C2H6/c1-24(10-9-11-25(2)22-33(37)36-29-12-7-6-8-13-29)14-18-31-26(3)30(20-21-34(31,4)5)32-19-17-28(23-35-32)27-15-16-27;1-2/h6-14,17-19,22-23,27,30H,15-16,20-21H2,1-5H3,(H,36,37);1-2H3/b11-9+,18-14+,24-10+,25-22-;. The second-order valence-electron chi connectivity index (χ2n) is 11.2. The third-order valence-corrected chi connectivity index (χ3v) is 7.58. The molecule has 1 amide bonds. The zero-order chi connectivity index (χ0) is 28.4.